The van der Waals surface area contributed by atoms with Gasteiger partial charge < -0.3 is 8.85 Å². The smallest absolute Gasteiger partial charge is 0.381 e. The summed E-state index contributed by atoms with van der Waals surface area (Å²) in [5.41, 5.74) is -2.33. The summed E-state index contributed by atoms with van der Waals surface area (Å²) in [5, 5.41) is 0. The van der Waals surface area contributed by atoms with Crippen LogP contribution < -0.4 is 0 Å². The zero-order chi connectivity index (χ0) is 26.0. The molecule has 0 aromatic carbocycles. The van der Waals surface area contributed by atoms with E-state index in [0.717, 1.165) is 0 Å². The minimum atomic E-state index is -7.47. The zero-order valence-corrected chi connectivity index (χ0v) is 18.5. The van der Waals surface area contributed by atoms with Crippen molar-refractivity contribution in [3.63, 3.8) is 0 Å². The van der Waals surface area contributed by atoms with Gasteiger partial charge in [-0.1, -0.05) is 6.92 Å². The van der Waals surface area contributed by atoms with Crippen molar-refractivity contribution in [2.24, 2.45) is 0 Å². The first-order valence-electron chi connectivity index (χ1n) is 9.09. The van der Waals surface area contributed by atoms with Gasteiger partial charge in [0.1, 0.15) is 0 Å². The molecule has 0 aliphatic carbocycles. The van der Waals surface area contributed by atoms with E-state index in [9.17, 15) is 57.1 Å². The summed E-state index contributed by atoms with van der Waals surface area (Å²) in [4.78, 5) is 0. The maximum atomic E-state index is 14.4. The van der Waals surface area contributed by atoms with Crippen LogP contribution in [0.3, 0.4) is 0 Å². The van der Waals surface area contributed by atoms with Crippen LogP contribution in [0.4, 0.5) is 57.1 Å². The summed E-state index contributed by atoms with van der Waals surface area (Å²) in [6, 6.07) is 0. The van der Waals surface area contributed by atoms with Crippen LogP contribution in [0, 0.1) is 0 Å². The maximum Gasteiger partial charge on any atom is 0.381 e. The molecule has 0 N–H and O–H groups in total. The Hall–Kier alpha value is -0.773. The van der Waals surface area contributed by atoms with E-state index in [4.69, 9.17) is 8.85 Å². The van der Waals surface area contributed by atoms with Crippen LogP contribution in [0.15, 0.2) is 0 Å². The van der Waals surface area contributed by atoms with Gasteiger partial charge in [0.05, 0.1) is 0 Å². The lowest BCUT2D eigenvalue weighted by molar-refractivity contribution is -0.387. The highest BCUT2D eigenvalue weighted by molar-refractivity contribution is 6.46. The molecule has 0 rings (SSSR count). The molecular weight excluding hydrogens is 499 g/mol. The van der Waals surface area contributed by atoms with E-state index in [2.05, 4.69) is 0 Å². The highest BCUT2D eigenvalue weighted by Crippen LogP contribution is 2.57. The Morgan fingerprint density at radius 1 is 0.562 bits per heavy atom. The Morgan fingerprint density at radius 2 is 0.875 bits per heavy atom. The molecule has 2 nitrogen and oxygen atoms in total. The van der Waals surface area contributed by atoms with E-state index in [1.807, 2.05) is 0 Å². The Morgan fingerprint density at radius 3 is 1.16 bits per heavy atom. The van der Waals surface area contributed by atoms with Crippen LogP contribution in [0.25, 0.3) is 0 Å². The van der Waals surface area contributed by atoms with Gasteiger partial charge in [-0.05, 0) is 27.7 Å². The number of rotatable bonds is 13. The van der Waals surface area contributed by atoms with E-state index >= 15 is 0 Å². The molecule has 0 heterocycles. The van der Waals surface area contributed by atoms with Crippen LogP contribution in [0.5, 0.6) is 0 Å². The van der Waals surface area contributed by atoms with Gasteiger partial charge in [0, 0.05) is 17.7 Å². The third kappa shape index (κ3) is 6.01. The van der Waals surface area contributed by atoms with Gasteiger partial charge in [-0.2, -0.15) is 35.1 Å². The van der Waals surface area contributed by atoms with Gasteiger partial charge >= 0.3 is 33.0 Å². The highest BCUT2D eigenvalue weighted by Gasteiger charge is 2.85. The van der Waals surface area contributed by atoms with Crippen molar-refractivity contribution in [2.75, 3.05) is 0 Å². The van der Waals surface area contributed by atoms with E-state index in [1.165, 1.54) is 27.7 Å². The molecule has 0 radical (unpaired) electrons. The average Bonchev–Trinajstić information content (AvgIpc) is 2.63. The van der Waals surface area contributed by atoms with Crippen molar-refractivity contribution >= 4 is 9.28 Å². The van der Waals surface area contributed by atoms with Gasteiger partial charge in [0.15, 0.2) is 12.3 Å². The second kappa shape index (κ2) is 10.7. The largest absolute Gasteiger partial charge is 0.394 e. The first-order chi connectivity index (χ1) is 14.1. The van der Waals surface area contributed by atoms with Gasteiger partial charge in [0.25, 0.3) is 6.43 Å². The predicted octanol–water partition coefficient (Wildman–Crippen LogP) is 6.27. The van der Waals surface area contributed by atoms with Crippen molar-refractivity contribution in [3.05, 3.63) is 0 Å². The molecule has 194 valence electrons. The third-order valence-electron chi connectivity index (χ3n) is 4.15. The molecule has 0 aromatic heterocycles. The molecule has 16 heteroatoms. The lowest BCUT2D eigenvalue weighted by Gasteiger charge is -2.40. The van der Waals surface area contributed by atoms with E-state index in [0.29, 0.717) is 6.92 Å². The van der Waals surface area contributed by atoms with Gasteiger partial charge in [0.2, 0.25) is 6.17 Å². The molecule has 0 fully saturated rings. The van der Waals surface area contributed by atoms with Crippen LogP contribution in [0.2, 0.25) is 5.54 Å². The summed E-state index contributed by atoms with van der Waals surface area (Å²) in [7, 11) is -3.67. The third-order valence-corrected chi connectivity index (χ3v) is 6.97. The number of halogens is 13. The average molecular weight is 522 g/mol. The fourth-order valence-corrected chi connectivity index (χ4v) is 4.53. The molecule has 0 saturated heterocycles. The molecule has 4 unspecified atom stereocenters. The Balaban J connectivity index is 6.17. The number of hydrogen-bond acceptors (Lipinski definition) is 2. The SMILES string of the molecule is CC(C)O[SiH](OC(C)C)C(C)C(F)C(F)(F)C(F)(F)C(F)(F)C(F)(F)C(F)C(F)C(F)F. The second-order valence-electron chi connectivity index (χ2n) is 7.57. The van der Waals surface area contributed by atoms with Crippen LogP contribution in [-0.4, -0.2) is 70.1 Å². The van der Waals surface area contributed by atoms with Crippen molar-refractivity contribution in [3.8, 4) is 0 Å². The summed E-state index contributed by atoms with van der Waals surface area (Å²) in [5.74, 6) is -28.5. The first-order valence-corrected chi connectivity index (χ1v) is 10.7. The fourth-order valence-electron chi connectivity index (χ4n) is 2.38. The Labute approximate surface area is 177 Å². The lowest BCUT2D eigenvalue weighted by atomic mass is 9.91. The topological polar surface area (TPSA) is 18.5 Å². The molecule has 0 bridgehead atoms. The highest BCUT2D eigenvalue weighted by atomic mass is 28.3. The first kappa shape index (κ1) is 31.2. The quantitative estimate of drug-likeness (QED) is 0.210. The lowest BCUT2D eigenvalue weighted by Crippen LogP contribution is -2.68. The molecule has 4 atom stereocenters. The Bertz CT molecular complexity index is 578. The summed E-state index contributed by atoms with van der Waals surface area (Å²) in [6.07, 6.45) is -20.6. The number of hydrogen-bond donors (Lipinski definition) is 0. The van der Waals surface area contributed by atoms with Crippen LogP contribution in [0.1, 0.15) is 34.6 Å². The monoisotopic (exact) mass is 522 g/mol. The van der Waals surface area contributed by atoms with Crippen molar-refractivity contribution < 1.29 is 65.9 Å². The van der Waals surface area contributed by atoms with E-state index < -0.39 is 75.7 Å². The molecular formula is C16H23F13O2Si. The molecule has 0 saturated carbocycles. The van der Waals surface area contributed by atoms with Gasteiger partial charge in [-0.25, -0.2) is 22.0 Å². The number of alkyl halides is 13. The van der Waals surface area contributed by atoms with Gasteiger partial charge in [-0.3, -0.25) is 0 Å². The second-order valence-corrected chi connectivity index (χ2v) is 9.91. The molecule has 0 spiro atoms. The Kier molecular flexibility index (Phi) is 10.4. The minimum absolute atomic E-state index is 0.527. The molecule has 0 aliphatic rings. The van der Waals surface area contributed by atoms with Crippen LogP contribution in [-0.2, 0) is 8.85 Å². The molecule has 0 aromatic rings. The minimum Gasteiger partial charge on any atom is -0.394 e. The molecule has 32 heavy (non-hydrogen) atoms. The predicted molar refractivity (Wildman–Crippen MR) is 89.5 cm³/mol. The van der Waals surface area contributed by atoms with Crippen LogP contribution >= 0.6 is 0 Å². The van der Waals surface area contributed by atoms with Crippen molar-refractivity contribution in [1.29, 1.82) is 0 Å². The molecule has 0 aliphatic heterocycles. The standard InChI is InChI=1S/C16H23F13O2Si/c1-6(2)30-32(31-7(3)4)8(5)10(18)13(22,23)15(26,27)16(28,29)14(24,25)11(19)9(17)12(20)21/h6-12,32H,1-5H3. The molecule has 0 amide bonds. The van der Waals surface area contributed by atoms with E-state index in [-0.39, 0.29) is 0 Å². The van der Waals surface area contributed by atoms with Crippen molar-refractivity contribution in [1.82, 2.24) is 0 Å². The summed E-state index contributed by atoms with van der Waals surface area (Å²) in [6.45, 7) is 5.82. The van der Waals surface area contributed by atoms with Crippen molar-refractivity contribution in [2.45, 2.75) is 101 Å². The zero-order valence-electron chi connectivity index (χ0n) is 17.3. The summed E-state index contributed by atoms with van der Waals surface area (Å²) < 4.78 is 185. The maximum absolute atomic E-state index is 14.4. The summed E-state index contributed by atoms with van der Waals surface area (Å²) >= 11 is 0. The normalized spacial score (nSPS) is 18.6. The van der Waals surface area contributed by atoms with Gasteiger partial charge in [-0.15, -0.1) is 0 Å². The van der Waals surface area contributed by atoms with E-state index in [1.54, 1.807) is 0 Å². The fraction of sp³-hybridized carbons (Fsp3) is 1.00.